The molecule has 1 aromatic carbocycles. The van der Waals surface area contributed by atoms with Crippen molar-refractivity contribution in [2.45, 2.75) is 26.4 Å². The number of guanidine groups is 1. The molecular weight excluding hydrogens is 348 g/mol. The smallest absolute Gasteiger partial charge is 0.191 e. The molecule has 0 bridgehead atoms. The van der Waals surface area contributed by atoms with E-state index < -0.39 is 0 Å². The number of aromatic nitrogens is 2. The summed E-state index contributed by atoms with van der Waals surface area (Å²) in [5.74, 6) is 0.760. The molecule has 6 nitrogen and oxygen atoms in total. The molecule has 1 atom stereocenters. The fourth-order valence-corrected chi connectivity index (χ4v) is 3.27. The van der Waals surface area contributed by atoms with Gasteiger partial charge in [0.25, 0.3) is 0 Å². The molecule has 0 saturated heterocycles. The van der Waals surface area contributed by atoms with Gasteiger partial charge in [0.1, 0.15) is 0 Å². The van der Waals surface area contributed by atoms with Gasteiger partial charge in [-0.25, -0.2) is 0 Å². The summed E-state index contributed by atoms with van der Waals surface area (Å²) in [5.41, 5.74) is 2.23. The molecule has 142 valence electrons. The fraction of sp³-hybridized carbons (Fsp3) is 0.474. The van der Waals surface area contributed by atoms with Gasteiger partial charge in [0.05, 0.1) is 18.3 Å². The highest BCUT2D eigenvalue weighted by atomic mass is 35.5. The highest BCUT2D eigenvalue weighted by Gasteiger charge is 2.20. The van der Waals surface area contributed by atoms with Crippen LogP contribution in [0.25, 0.3) is 0 Å². The topological polar surface area (TPSA) is 57.5 Å². The minimum atomic E-state index is 0.175. The summed E-state index contributed by atoms with van der Waals surface area (Å²) in [7, 11) is 3.71. The average molecular weight is 377 g/mol. The second kappa shape index (κ2) is 10.2. The maximum absolute atomic E-state index is 6.46. The van der Waals surface area contributed by atoms with E-state index in [1.165, 1.54) is 0 Å². The maximum Gasteiger partial charge on any atom is 0.191 e. The molecule has 2 N–H and O–H groups in total. The van der Waals surface area contributed by atoms with Crippen LogP contribution < -0.4 is 10.6 Å². The van der Waals surface area contributed by atoms with Crippen molar-refractivity contribution in [1.29, 1.82) is 0 Å². The van der Waals surface area contributed by atoms with Crippen molar-refractivity contribution in [3.05, 3.63) is 52.8 Å². The number of rotatable bonds is 8. The van der Waals surface area contributed by atoms with Gasteiger partial charge in [0.15, 0.2) is 5.96 Å². The van der Waals surface area contributed by atoms with Crippen molar-refractivity contribution in [2.24, 2.45) is 12.0 Å². The summed E-state index contributed by atoms with van der Waals surface area (Å²) in [5, 5.41) is 11.8. The number of hydrogen-bond acceptors (Lipinski definition) is 3. The zero-order valence-electron chi connectivity index (χ0n) is 16.0. The second-order valence-corrected chi connectivity index (χ2v) is 6.42. The Balaban J connectivity index is 2.05. The SMILES string of the molecule is CCN(CC)C(CNC(=NC)NCc1ccnn1C)c1ccccc1Cl. The Bertz CT molecular complexity index is 708. The van der Waals surface area contributed by atoms with Gasteiger partial charge >= 0.3 is 0 Å². The highest BCUT2D eigenvalue weighted by molar-refractivity contribution is 6.31. The first kappa shape index (κ1) is 20.3. The largest absolute Gasteiger partial charge is 0.354 e. The number of aliphatic imine (C=N–C) groups is 1. The zero-order chi connectivity index (χ0) is 18.9. The summed E-state index contributed by atoms with van der Waals surface area (Å²) in [6.07, 6.45) is 1.79. The Hall–Kier alpha value is -2.05. The number of likely N-dealkylation sites (N-methyl/N-ethyl adjacent to an activating group) is 1. The Morgan fingerprint density at radius 3 is 2.54 bits per heavy atom. The van der Waals surface area contributed by atoms with Crippen LogP contribution in [0.2, 0.25) is 5.02 Å². The first-order valence-electron chi connectivity index (χ1n) is 9.00. The number of nitrogens with zero attached hydrogens (tertiary/aromatic N) is 4. The van der Waals surface area contributed by atoms with Gasteiger partial charge < -0.3 is 10.6 Å². The molecule has 1 aromatic heterocycles. The molecule has 0 aliphatic carbocycles. The van der Waals surface area contributed by atoms with E-state index in [0.29, 0.717) is 6.54 Å². The number of benzene rings is 1. The van der Waals surface area contributed by atoms with Crippen LogP contribution >= 0.6 is 11.6 Å². The molecule has 0 amide bonds. The third-order valence-corrected chi connectivity index (χ3v) is 4.91. The van der Waals surface area contributed by atoms with Gasteiger partial charge in [0, 0.05) is 31.9 Å². The van der Waals surface area contributed by atoms with Crippen molar-refractivity contribution in [2.75, 3.05) is 26.7 Å². The molecule has 26 heavy (non-hydrogen) atoms. The number of nitrogens with one attached hydrogen (secondary N) is 2. The molecule has 0 fully saturated rings. The Kier molecular flexibility index (Phi) is 7.94. The summed E-state index contributed by atoms with van der Waals surface area (Å²) in [4.78, 5) is 6.72. The molecule has 0 aliphatic heterocycles. The monoisotopic (exact) mass is 376 g/mol. The standard InChI is InChI=1S/C19H29ClN6/c1-5-26(6-2)18(16-9-7-8-10-17(16)20)14-23-19(21-3)22-13-15-11-12-24-25(15)4/h7-12,18H,5-6,13-14H2,1-4H3,(H2,21,22,23). The van der Waals surface area contributed by atoms with Crippen LogP contribution in [0.15, 0.2) is 41.5 Å². The van der Waals surface area contributed by atoms with Crippen molar-refractivity contribution in [1.82, 2.24) is 25.3 Å². The van der Waals surface area contributed by atoms with Gasteiger partial charge in [-0.2, -0.15) is 5.10 Å². The Morgan fingerprint density at radius 2 is 1.96 bits per heavy atom. The third-order valence-electron chi connectivity index (χ3n) is 4.56. The van der Waals surface area contributed by atoms with E-state index in [-0.39, 0.29) is 6.04 Å². The van der Waals surface area contributed by atoms with E-state index in [2.05, 4.69) is 45.5 Å². The molecular formula is C19H29ClN6. The third kappa shape index (κ3) is 5.22. The zero-order valence-corrected chi connectivity index (χ0v) is 16.8. The predicted molar refractivity (Wildman–Crippen MR) is 109 cm³/mol. The molecule has 2 aromatic rings. The first-order chi connectivity index (χ1) is 12.6. The van der Waals surface area contributed by atoms with E-state index in [4.69, 9.17) is 11.6 Å². The second-order valence-electron chi connectivity index (χ2n) is 6.01. The lowest BCUT2D eigenvalue weighted by Gasteiger charge is -2.31. The molecule has 0 aliphatic rings. The average Bonchev–Trinajstić information content (AvgIpc) is 3.06. The van der Waals surface area contributed by atoms with Gasteiger partial charge in [-0.05, 0) is 30.8 Å². The Morgan fingerprint density at radius 1 is 1.23 bits per heavy atom. The van der Waals surface area contributed by atoms with Gasteiger partial charge in [0.2, 0.25) is 0 Å². The molecule has 0 saturated carbocycles. The van der Waals surface area contributed by atoms with E-state index >= 15 is 0 Å². The molecule has 1 unspecified atom stereocenters. The minimum Gasteiger partial charge on any atom is -0.354 e. The molecule has 2 rings (SSSR count). The minimum absolute atomic E-state index is 0.175. The van der Waals surface area contributed by atoms with Crippen molar-refractivity contribution >= 4 is 17.6 Å². The molecule has 1 heterocycles. The van der Waals surface area contributed by atoms with E-state index in [9.17, 15) is 0 Å². The lowest BCUT2D eigenvalue weighted by molar-refractivity contribution is 0.219. The van der Waals surface area contributed by atoms with E-state index in [1.54, 1.807) is 13.2 Å². The molecule has 7 heteroatoms. The first-order valence-corrected chi connectivity index (χ1v) is 9.38. The molecule has 0 radical (unpaired) electrons. The van der Waals surface area contributed by atoms with Crippen LogP contribution in [-0.2, 0) is 13.6 Å². The quantitative estimate of drug-likeness (QED) is 0.549. The Labute approximate surface area is 161 Å². The highest BCUT2D eigenvalue weighted by Crippen LogP contribution is 2.26. The van der Waals surface area contributed by atoms with Crippen LogP contribution in [0.3, 0.4) is 0 Å². The summed E-state index contributed by atoms with van der Waals surface area (Å²) in [6.45, 7) is 7.63. The summed E-state index contributed by atoms with van der Waals surface area (Å²) >= 11 is 6.46. The van der Waals surface area contributed by atoms with Crippen molar-refractivity contribution < 1.29 is 0 Å². The molecule has 0 spiro atoms. The van der Waals surface area contributed by atoms with E-state index in [0.717, 1.165) is 41.9 Å². The van der Waals surface area contributed by atoms with Crippen LogP contribution in [-0.4, -0.2) is 47.3 Å². The summed E-state index contributed by atoms with van der Waals surface area (Å²) < 4.78 is 1.85. The van der Waals surface area contributed by atoms with Crippen LogP contribution in [0.1, 0.15) is 31.1 Å². The van der Waals surface area contributed by atoms with Gasteiger partial charge in [-0.3, -0.25) is 14.6 Å². The lowest BCUT2D eigenvalue weighted by atomic mass is 10.0. The van der Waals surface area contributed by atoms with Crippen LogP contribution in [0.5, 0.6) is 0 Å². The number of hydrogen-bond donors (Lipinski definition) is 2. The normalized spacial score (nSPS) is 13.1. The maximum atomic E-state index is 6.46. The summed E-state index contributed by atoms with van der Waals surface area (Å²) in [6, 6.07) is 10.2. The fourth-order valence-electron chi connectivity index (χ4n) is 3.01. The van der Waals surface area contributed by atoms with E-state index in [1.807, 2.05) is 36.0 Å². The van der Waals surface area contributed by atoms with Gasteiger partial charge in [-0.1, -0.05) is 43.6 Å². The van der Waals surface area contributed by atoms with Crippen LogP contribution in [0.4, 0.5) is 0 Å². The van der Waals surface area contributed by atoms with Gasteiger partial charge in [-0.15, -0.1) is 0 Å². The van der Waals surface area contributed by atoms with Crippen LogP contribution in [0, 0.1) is 0 Å². The van der Waals surface area contributed by atoms with Crippen molar-refractivity contribution in [3.63, 3.8) is 0 Å². The van der Waals surface area contributed by atoms with Crippen molar-refractivity contribution in [3.8, 4) is 0 Å². The lowest BCUT2D eigenvalue weighted by Crippen LogP contribution is -2.43. The number of aryl methyl sites for hydroxylation is 1. The predicted octanol–water partition coefficient (Wildman–Crippen LogP) is 2.82. The number of halogens is 1.